The van der Waals surface area contributed by atoms with Crippen LogP contribution in [-0.2, 0) is 0 Å². The van der Waals surface area contributed by atoms with Crippen LogP contribution in [0.1, 0.15) is 21.5 Å². The van der Waals surface area contributed by atoms with Crippen LogP contribution in [0.4, 0.5) is 0 Å². The molecule has 4 aromatic rings. The molecule has 1 aliphatic carbocycles. The molecule has 0 atom stereocenters. The molecule has 3 aromatic carbocycles. The van der Waals surface area contributed by atoms with Gasteiger partial charge < -0.3 is 5.73 Å². The molecule has 123 valence electrons. The van der Waals surface area contributed by atoms with Crippen molar-refractivity contribution in [2.75, 3.05) is 0 Å². The molecule has 0 fully saturated rings. The average Bonchev–Trinajstić information content (AvgIpc) is 3.06. The van der Waals surface area contributed by atoms with Crippen molar-refractivity contribution in [2.24, 2.45) is 5.73 Å². The van der Waals surface area contributed by atoms with E-state index in [1.54, 1.807) is 0 Å². The number of amides is 1. The number of carbonyl (C=O) groups is 1. The van der Waals surface area contributed by atoms with Crippen LogP contribution in [0.2, 0.25) is 0 Å². The Morgan fingerprint density at radius 3 is 2.58 bits per heavy atom. The second kappa shape index (κ2) is 5.53. The number of rotatable bonds is 2. The summed E-state index contributed by atoms with van der Waals surface area (Å²) in [5.74, 6) is -0.409. The van der Waals surface area contributed by atoms with Gasteiger partial charge in [-0.3, -0.25) is 9.78 Å². The molecule has 0 aliphatic heterocycles. The van der Waals surface area contributed by atoms with Crippen molar-refractivity contribution in [2.45, 2.75) is 0 Å². The van der Waals surface area contributed by atoms with Crippen LogP contribution in [0.5, 0.6) is 0 Å². The zero-order valence-electron chi connectivity index (χ0n) is 13.9. The van der Waals surface area contributed by atoms with E-state index in [2.05, 4.69) is 29.2 Å². The molecule has 1 radical (unpaired) electrons. The van der Waals surface area contributed by atoms with E-state index in [1.165, 1.54) is 0 Å². The number of benzene rings is 3. The number of fused-ring (bicyclic) bond motifs is 4. The predicted octanol–water partition coefficient (Wildman–Crippen LogP) is 4.58. The van der Waals surface area contributed by atoms with E-state index < -0.39 is 5.91 Å². The Balaban J connectivity index is 1.81. The van der Waals surface area contributed by atoms with E-state index in [4.69, 9.17) is 5.73 Å². The summed E-state index contributed by atoms with van der Waals surface area (Å²) in [6, 6.07) is 22.1. The standard InChI is InChI=1S/C23H15N2O/c24-23(26)19-10-9-18(16-11-15-6-2-4-8-21(15)25-13-16)22-17-7-3-1-5-14(17)12-20(19)22/h1-13H,(H2,24,26). The maximum absolute atomic E-state index is 11.9. The van der Waals surface area contributed by atoms with Gasteiger partial charge in [0.15, 0.2) is 0 Å². The van der Waals surface area contributed by atoms with Crippen LogP contribution >= 0.6 is 0 Å². The first-order valence-corrected chi connectivity index (χ1v) is 8.48. The zero-order chi connectivity index (χ0) is 17.7. The van der Waals surface area contributed by atoms with Crippen molar-refractivity contribution in [3.05, 3.63) is 96.0 Å². The van der Waals surface area contributed by atoms with E-state index >= 15 is 0 Å². The maximum Gasteiger partial charge on any atom is 0.249 e. The average molecular weight is 335 g/mol. The van der Waals surface area contributed by atoms with E-state index in [1.807, 2.05) is 55.1 Å². The molecule has 26 heavy (non-hydrogen) atoms. The number of nitrogens with two attached hydrogens (primary N) is 1. The van der Waals surface area contributed by atoms with Crippen molar-refractivity contribution in [3.8, 4) is 22.3 Å². The Morgan fingerprint density at radius 1 is 0.885 bits per heavy atom. The molecule has 0 saturated carbocycles. The van der Waals surface area contributed by atoms with E-state index in [0.717, 1.165) is 44.3 Å². The van der Waals surface area contributed by atoms with Crippen molar-refractivity contribution >= 4 is 16.8 Å². The third-order valence-electron chi connectivity index (χ3n) is 4.94. The Kier molecular flexibility index (Phi) is 3.16. The largest absolute Gasteiger partial charge is 0.366 e. The van der Waals surface area contributed by atoms with Gasteiger partial charge in [-0.15, -0.1) is 0 Å². The molecule has 2 N–H and O–H groups in total. The smallest absolute Gasteiger partial charge is 0.249 e. The van der Waals surface area contributed by atoms with Crippen molar-refractivity contribution in [3.63, 3.8) is 0 Å². The lowest BCUT2D eigenvalue weighted by Crippen LogP contribution is -2.13. The van der Waals surface area contributed by atoms with Crippen LogP contribution in [-0.4, -0.2) is 10.9 Å². The van der Waals surface area contributed by atoms with E-state index in [9.17, 15) is 4.79 Å². The third-order valence-corrected chi connectivity index (χ3v) is 4.94. The minimum absolute atomic E-state index is 0.409. The first-order chi connectivity index (χ1) is 12.7. The molecule has 0 unspecified atom stereocenters. The fourth-order valence-electron chi connectivity index (χ4n) is 3.74. The van der Waals surface area contributed by atoms with Gasteiger partial charge in [0, 0.05) is 29.1 Å². The number of carbonyl (C=O) groups excluding carboxylic acids is 1. The summed E-state index contributed by atoms with van der Waals surface area (Å²) in [4.78, 5) is 16.5. The molecule has 1 aromatic heterocycles. The first-order valence-electron chi connectivity index (χ1n) is 8.48. The molecule has 5 rings (SSSR count). The summed E-state index contributed by atoms with van der Waals surface area (Å²) in [6.07, 6.45) is 3.94. The minimum atomic E-state index is -0.409. The lowest BCUT2D eigenvalue weighted by Gasteiger charge is -2.13. The Labute approximate surface area is 151 Å². The highest BCUT2D eigenvalue weighted by Crippen LogP contribution is 2.45. The Hall–Kier alpha value is -3.46. The van der Waals surface area contributed by atoms with Crippen LogP contribution in [0.3, 0.4) is 0 Å². The van der Waals surface area contributed by atoms with Gasteiger partial charge in [-0.2, -0.15) is 0 Å². The lowest BCUT2D eigenvalue weighted by molar-refractivity contribution is 0.1000. The monoisotopic (exact) mass is 335 g/mol. The highest BCUT2D eigenvalue weighted by Gasteiger charge is 2.26. The number of hydrogen-bond donors (Lipinski definition) is 1. The van der Waals surface area contributed by atoms with Gasteiger partial charge in [-0.05, 0) is 46.0 Å². The summed E-state index contributed by atoms with van der Waals surface area (Å²) < 4.78 is 0. The summed E-state index contributed by atoms with van der Waals surface area (Å²) in [6.45, 7) is 0. The molecule has 0 bridgehead atoms. The van der Waals surface area contributed by atoms with Gasteiger partial charge in [0.1, 0.15) is 0 Å². The van der Waals surface area contributed by atoms with Crippen LogP contribution in [0.15, 0.2) is 72.9 Å². The quantitative estimate of drug-likeness (QED) is 0.513. The fraction of sp³-hybridized carbons (Fsp3) is 0. The maximum atomic E-state index is 11.9. The summed E-state index contributed by atoms with van der Waals surface area (Å²) >= 11 is 0. The summed E-state index contributed by atoms with van der Waals surface area (Å²) in [7, 11) is 0. The van der Waals surface area contributed by atoms with Gasteiger partial charge in [-0.25, -0.2) is 0 Å². The molecule has 1 heterocycles. The highest BCUT2D eigenvalue weighted by atomic mass is 16.1. The first kappa shape index (κ1) is 14.8. The van der Waals surface area contributed by atoms with Crippen molar-refractivity contribution in [1.29, 1.82) is 0 Å². The SMILES string of the molecule is NC(=O)c1ccc(-c2cnc3ccccc3c2)c2c1[CH]c1ccccc1-2. The summed E-state index contributed by atoms with van der Waals surface area (Å²) in [5.41, 5.74) is 13.4. The number of primary amides is 1. The van der Waals surface area contributed by atoms with Crippen LogP contribution in [0, 0.1) is 6.42 Å². The minimum Gasteiger partial charge on any atom is -0.366 e. The second-order valence-corrected chi connectivity index (χ2v) is 6.46. The molecule has 3 nitrogen and oxygen atoms in total. The van der Waals surface area contributed by atoms with Crippen molar-refractivity contribution in [1.82, 2.24) is 4.98 Å². The molecule has 1 amide bonds. The van der Waals surface area contributed by atoms with Crippen molar-refractivity contribution < 1.29 is 4.79 Å². The normalized spacial score (nSPS) is 12.0. The molecule has 0 spiro atoms. The van der Waals surface area contributed by atoms with Gasteiger partial charge >= 0.3 is 0 Å². The Bertz CT molecular complexity index is 1190. The predicted molar refractivity (Wildman–Crippen MR) is 104 cm³/mol. The zero-order valence-corrected chi connectivity index (χ0v) is 13.9. The van der Waals surface area contributed by atoms with E-state index in [-0.39, 0.29) is 0 Å². The number of aromatic nitrogens is 1. The topological polar surface area (TPSA) is 56.0 Å². The molecule has 0 saturated heterocycles. The van der Waals surface area contributed by atoms with Crippen LogP contribution in [0.25, 0.3) is 33.2 Å². The van der Waals surface area contributed by atoms with Crippen LogP contribution < -0.4 is 5.73 Å². The third kappa shape index (κ3) is 2.14. The van der Waals surface area contributed by atoms with Gasteiger partial charge in [0.2, 0.25) is 5.91 Å². The molecular formula is C23H15N2O. The number of nitrogens with zero attached hydrogens (tertiary/aromatic N) is 1. The van der Waals surface area contributed by atoms with Gasteiger partial charge in [0.05, 0.1) is 5.52 Å². The molecular weight excluding hydrogens is 320 g/mol. The molecule has 1 aliphatic rings. The number of para-hydroxylation sites is 1. The second-order valence-electron chi connectivity index (χ2n) is 6.46. The number of pyridine rings is 1. The number of hydrogen-bond acceptors (Lipinski definition) is 2. The molecule has 3 heteroatoms. The van der Waals surface area contributed by atoms with E-state index in [0.29, 0.717) is 5.56 Å². The fourth-order valence-corrected chi connectivity index (χ4v) is 3.74. The van der Waals surface area contributed by atoms with Gasteiger partial charge in [0.25, 0.3) is 0 Å². The highest BCUT2D eigenvalue weighted by molar-refractivity contribution is 6.03. The lowest BCUT2D eigenvalue weighted by atomic mass is 9.91. The Morgan fingerprint density at radius 2 is 1.69 bits per heavy atom. The summed E-state index contributed by atoms with van der Waals surface area (Å²) in [5, 5.41) is 1.09. The van der Waals surface area contributed by atoms with Gasteiger partial charge in [-0.1, -0.05) is 48.5 Å².